The molecule has 4 rings (SSSR count). The Morgan fingerprint density at radius 2 is 1.86 bits per heavy atom. The predicted octanol–water partition coefficient (Wildman–Crippen LogP) is 2.82. The molecule has 3 aliphatic rings. The van der Waals surface area contributed by atoms with Gasteiger partial charge in [-0.05, 0) is 44.4 Å². The topological polar surface area (TPSA) is 73.0 Å². The molecule has 1 aromatic rings. The molecule has 28 heavy (non-hydrogen) atoms. The highest BCUT2D eigenvalue weighted by atomic mass is 16.2. The molecule has 1 saturated carbocycles. The number of urea groups is 1. The van der Waals surface area contributed by atoms with Crippen LogP contribution in [0.5, 0.6) is 0 Å². The number of nitrogens with zero attached hydrogens (tertiary/aromatic N) is 3. The minimum atomic E-state index is -0.266. The number of benzene rings is 1. The lowest BCUT2D eigenvalue weighted by Gasteiger charge is -2.37. The number of piperazine rings is 1. The number of hydrogen-bond acceptors (Lipinski definition) is 3. The molecule has 150 valence electrons. The Kier molecular flexibility index (Phi) is 5.24. The normalized spacial score (nSPS) is 23.6. The smallest absolute Gasteiger partial charge is 0.322 e. The first-order valence-electron chi connectivity index (χ1n) is 10.3. The first-order valence-corrected chi connectivity index (χ1v) is 10.3. The maximum Gasteiger partial charge on any atom is 0.322 e. The van der Waals surface area contributed by atoms with Crippen LogP contribution in [0.25, 0.3) is 0 Å². The zero-order valence-electron chi connectivity index (χ0n) is 16.4. The van der Waals surface area contributed by atoms with Crippen LogP contribution in [-0.2, 0) is 9.59 Å². The maximum atomic E-state index is 12.7. The Labute approximate surface area is 165 Å². The highest BCUT2D eigenvalue weighted by Crippen LogP contribution is 2.29. The summed E-state index contributed by atoms with van der Waals surface area (Å²) in [4.78, 5) is 42.6. The maximum absolute atomic E-state index is 12.7. The summed E-state index contributed by atoms with van der Waals surface area (Å²) < 4.78 is 0. The molecule has 7 nitrogen and oxygen atoms in total. The van der Waals surface area contributed by atoms with Gasteiger partial charge in [0, 0.05) is 43.0 Å². The van der Waals surface area contributed by atoms with Crippen LogP contribution in [0.3, 0.4) is 0 Å². The van der Waals surface area contributed by atoms with Crippen molar-refractivity contribution in [2.45, 2.75) is 57.5 Å². The summed E-state index contributed by atoms with van der Waals surface area (Å²) in [6.07, 6.45) is 5.95. The highest BCUT2D eigenvalue weighted by molar-refractivity contribution is 5.98. The van der Waals surface area contributed by atoms with Crippen molar-refractivity contribution in [2.24, 2.45) is 0 Å². The van der Waals surface area contributed by atoms with Gasteiger partial charge in [-0.3, -0.25) is 9.59 Å². The monoisotopic (exact) mass is 384 g/mol. The molecule has 2 heterocycles. The second kappa shape index (κ2) is 7.81. The van der Waals surface area contributed by atoms with Gasteiger partial charge in [0.15, 0.2) is 0 Å². The number of nitrogens with one attached hydrogen (secondary N) is 1. The Bertz CT molecular complexity index is 775. The van der Waals surface area contributed by atoms with E-state index in [4.69, 9.17) is 0 Å². The van der Waals surface area contributed by atoms with Gasteiger partial charge in [0.05, 0.1) is 0 Å². The summed E-state index contributed by atoms with van der Waals surface area (Å²) >= 11 is 0. The van der Waals surface area contributed by atoms with Gasteiger partial charge in [-0.2, -0.15) is 0 Å². The van der Waals surface area contributed by atoms with E-state index >= 15 is 0 Å². The highest BCUT2D eigenvalue weighted by Gasteiger charge is 2.33. The second-order valence-corrected chi connectivity index (χ2v) is 8.08. The fourth-order valence-corrected chi connectivity index (χ4v) is 4.62. The summed E-state index contributed by atoms with van der Waals surface area (Å²) in [5, 5.41) is 2.89. The zero-order valence-corrected chi connectivity index (χ0v) is 16.4. The van der Waals surface area contributed by atoms with E-state index in [0.29, 0.717) is 31.2 Å². The molecule has 2 aliphatic heterocycles. The van der Waals surface area contributed by atoms with Gasteiger partial charge in [-0.25, -0.2) is 4.79 Å². The van der Waals surface area contributed by atoms with E-state index in [1.165, 1.54) is 12.8 Å². The molecule has 1 N–H and O–H groups in total. The molecular weight excluding hydrogens is 356 g/mol. The summed E-state index contributed by atoms with van der Waals surface area (Å²) in [7, 11) is 0. The van der Waals surface area contributed by atoms with Crippen LogP contribution in [0, 0.1) is 0 Å². The van der Waals surface area contributed by atoms with Crippen LogP contribution in [0.2, 0.25) is 0 Å². The van der Waals surface area contributed by atoms with Gasteiger partial charge in [0.2, 0.25) is 11.8 Å². The third kappa shape index (κ3) is 3.70. The molecule has 0 spiro atoms. The Balaban J connectivity index is 1.38. The Morgan fingerprint density at radius 1 is 1.07 bits per heavy atom. The van der Waals surface area contributed by atoms with Crippen LogP contribution in [0.1, 0.15) is 45.4 Å². The number of carbonyl (C=O) groups excluding carboxylic acids is 3. The number of amides is 4. The summed E-state index contributed by atoms with van der Waals surface area (Å²) in [6, 6.07) is 7.62. The van der Waals surface area contributed by atoms with Gasteiger partial charge in [-0.15, -0.1) is 0 Å². The third-order valence-corrected chi connectivity index (χ3v) is 6.17. The van der Waals surface area contributed by atoms with Crippen molar-refractivity contribution in [3.8, 4) is 0 Å². The number of carbonyl (C=O) groups is 3. The van der Waals surface area contributed by atoms with Crippen LogP contribution in [0.15, 0.2) is 24.3 Å². The van der Waals surface area contributed by atoms with Crippen LogP contribution in [-0.4, -0.2) is 59.4 Å². The van der Waals surface area contributed by atoms with E-state index in [1.807, 2.05) is 36.1 Å². The third-order valence-electron chi connectivity index (χ3n) is 6.17. The Morgan fingerprint density at radius 3 is 2.54 bits per heavy atom. The van der Waals surface area contributed by atoms with Gasteiger partial charge < -0.3 is 20.0 Å². The standard InChI is InChI=1S/C21H28N4O3/c1-15-9-10-19(26)25(15)18-8-4-5-16(13-18)22-21(28)23-11-12-24(20(27)14-23)17-6-2-3-7-17/h4-5,8,13,15,17H,2-3,6-7,9-12,14H2,1H3,(H,22,28)/t15-/m0/s1. The van der Waals surface area contributed by atoms with E-state index in [1.54, 1.807) is 9.80 Å². The Hall–Kier alpha value is -2.57. The number of hydrogen-bond donors (Lipinski definition) is 1. The van der Waals surface area contributed by atoms with Crippen molar-refractivity contribution in [1.29, 1.82) is 0 Å². The zero-order chi connectivity index (χ0) is 19.7. The average Bonchev–Trinajstić information content (AvgIpc) is 3.32. The molecule has 0 unspecified atom stereocenters. The predicted molar refractivity (Wildman–Crippen MR) is 107 cm³/mol. The van der Waals surface area contributed by atoms with Crippen molar-refractivity contribution in [2.75, 3.05) is 29.9 Å². The fourth-order valence-electron chi connectivity index (χ4n) is 4.62. The van der Waals surface area contributed by atoms with Gasteiger partial charge >= 0.3 is 6.03 Å². The largest absolute Gasteiger partial charge is 0.336 e. The average molecular weight is 384 g/mol. The van der Waals surface area contributed by atoms with E-state index in [2.05, 4.69) is 5.32 Å². The van der Waals surface area contributed by atoms with Gasteiger partial charge in [-0.1, -0.05) is 18.9 Å². The number of anilines is 2. The van der Waals surface area contributed by atoms with Gasteiger partial charge in [0.25, 0.3) is 0 Å². The molecule has 0 bridgehead atoms. The molecule has 3 fully saturated rings. The molecule has 2 saturated heterocycles. The van der Waals surface area contributed by atoms with Crippen LogP contribution in [0.4, 0.5) is 16.2 Å². The van der Waals surface area contributed by atoms with Crippen LogP contribution < -0.4 is 10.2 Å². The minimum absolute atomic E-state index is 0.0403. The summed E-state index contributed by atoms with van der Waals surface area (Å²) in [6.45, 7) is 3.32. The first kappa shape index (κ1) is 18.8. The van der Waals surface area contributed by atoms with Crippen molar-refractivity contribution in [3.05, 3.63) is 24.3 Å². The fraction of sp³-hybridized carbons (Fsp3) is 0.571. The molecule has 7 heteroatoms. The van der Waals surface area contributed by atoms with E-state index in [-0.39, 0.29) is 30.4 Å². The van der Waals surface area contributed by atoms with E-state index in [9.17, 15) is 14.4 Å². The molecular formula is C21H28N4O3. The quantitative estimate of drug-likeness (QED) is 0.871. The van der Waals surface area contributed by atoms with E-state index in [0.717, 1.165) is 24.9 Å². The molecule has 1 aliphatic carbocycles. The molecule has 1 aromatic carbocycles. The lowest BCUT2D eigenvalue weighted by Crippen LogP contribution is -2.55. The first-order chi connectivity index (χ1) is 13.5. The number of rotatable bonds is 3. The molecule has 0 radical (unpaired) electrons. The second-order valence-electron chi connectivity index (χ2n) is 8.08. The van der Waals surface area contributed by atoms with Crippen molar-refractivity contribution >= 4 is 29.2 Å². The van der Waals surface area contributed by atoms with Crippen molar-refractivity contribution < 1.29 is 14.4 Å². The van der Waals surface area contributed by atoms with Gasteiger partial charge in [0.1, 0.15) is 6.54 Å². The lowest BCUT2D eigenvalue weighted by molar-refractivity contribution is -0.137. The molecule has 4 amide bonds. The summed E-state index contributed by atoms with van der Waals surface area (Å²) in [5.74, 6) is 0.156. The van der Waals surface area contributed by atoms with E-state index < -0.39 is 0 Å². The molecule has 0 aromatic heterocycles. The van der Waals surface area contributed by atoms with Crippen molar-refractivity contribution in [3.63, 3.8) is 0 Å². The van der Waals surface area contributed by atoms with Crippen LogP contribution >= 0.6 is 0 Å². The SMILES string of the molecule is C[C@H]1CCC(=O)N1c1cccc(NC(=O)N2CCN(C3CCCC3)C(=O)C2)c1. The lowest BCUT2D eigenvalue weighted by atomic mass is 10.2. The minimum Gasteiger partial charge on any atom is -0.336 e. The molecule has 1 atom stereocenters. The van der Waals surface area contributed by atoms with Crippen molar-refractivity contribution in [1.82, 2.24) is 9.80 Å². The summed E-state index contributed by atoms with van der Waals surface area (Å²) in [5.41, 5.74) is 1.44.